The highest BCUT2D eigenvalue weighted by atomic mass is 15.1. The molecule has 14 heavy (non-hydrogen) atoms. The van der Waals surface area contributed by atoms with E-state index >= 15 is 0 Å². The monoisotopic (exact) mass is 193 g/mol. The maximum Gasteiger partial charge on any atom is 0.127 e. The Balaban J connectivity index is 2.68. The Morgan fingerprint density at radius 1 is 1.43 bits per heavy atom. The average molecular weight is 193 g/mol. The lowest BCUT2D eigenvalue weighted by Crippen LogP contribution is -2.16. The van der Waals surface area contributed by atoms with Gasteiger partial charge in [0, 0.05) is 38.1 Å². The number of pyridine rings is 1. The molecule has 1 aromatic heterocycles. The van der Waals surface area contributed by atoms with Crippen molar-refractivity contribution in [1.29, 1.82) is 0 Å². The second-order valence-corrected chi connectivity index (χ2v) is 3.34. The highest BCUT2D eigenvalue weighted by Crippen LogP contribution is 2.15. The van der Waals surface area contributed by atoms with E-state index in [1.54, 1.807) is 0 Å². The fraction of sp³-hybridized carbons (Fsp3) is 0.545. The Bertz CT molecular complexity index is 273. The second-order valence-electron chi connectivity index (χ2n) is 3.34. The molecule has 3 nitrogen and oxygen atoms in total. The average Bonchev–Trinajstić information content (AvgIpc) is 2.25. The molecule has 0 atom stereocenters. The zero-order valence-electron chi connectivity index (χ0n) is 9.25. The molecule has 78 valence electrons. The molecule has 0 saturated heterocycles. The zero-order valence-corrected chi connectivity index (χ0v) is 9.25. The van der Waals surface area contributed by atoms with Crippen molar-refractivity contribution >= 4 is 11.5 Å². The van der Waals surface area contributed by atoms with Gasteiger partial charge in [0.1, 0.15) is 5.82 Å². The van der Waals surface area contributed by atoms with Crippen LogP contribution in [0.25, 0.3) is 0 Å². The normalized spacial score (nSPS) is 9.93. The van der Waals surface area contributed by atoms with E-state index in [4.69, 9.17) is 0 Å². The topological polar surface area (TPSA) is 28.2 Å². The van der Waals surface area contributed by atoms with E-state index in [2.05, 4.69) is 42.2 Å². The Morgan fingerprint density at radius 2 is 2.21 bits per heavy atom. The van der Waals surface area contributed by atoms with Crippen LogP contribution in [0.1, 0.15) is 20.3 Å². The van der Waals surface area contributed by atoms with Crippen LogP contribution in [0.3, 0.4) is 0 Å². The molecule has 0 radical (unpaired) electrons. The largest absolute Gasteiger partial charge is 0.375 e. The van der Waals surface area contributed by atoms with Crippen molar-refractivity contribution < 1.29 is 0 Å². The summed E-state index contributed by atoms with van der Waals surface area (Å²) >= 11 is 0. The number of nitrogens with one attached hydrogen (secondary N) is 1. The van der Waals surface area contributed by atoms with Crippen molar-refractivity contribution in [2.24, 2.45) is 0 Å². The minimum atomic E-state index is 0.963. The van der Waals surface area contributed by atoms with Gasteiger partial charge in [-0.05, 0) is 19.4 Å². The van der Waals surface area contributed by atoms with Gasteiger partial charge in [-0.15, -0.1) is 0 Å². The predicted octanol–water partition coefficient (Wildman–Crippen LogP) is 2.36. The minimum Gasteiger partial charge on any atom is -0.375 e. The highest BCUT2D eigenvalue weighted by molar-refractivity contribution is 5.53. The number of anilines is 2. The number of nitrogens with zero attached hydrogens (tertiary/aromatic N) is 2. The van der Waals surface area contributed by atoms with E-state index in [0.717, 1.165) is 25.3 Å². The van der Waals surface area contributed by atoms with E-state index in [1.807, 2.05) is 12.3 Å². The third-order valence-corrected chi connectivity index (χ3v) is 2.21. The lowest BCUT2D eigenvalue weighted by Gasteiger charge is -2.17. The molecule has 0 unspecified atom stereocenters. The maximum absolute atomic E-state index is 4.26. The van der Waals surface area contributed by atoms with E-state index < -0.39 is 0 Å². The van der Waals surface area contributed by atoms with Crippen LogP contribution in [0.5, 0.6) is 0 Å². The van der Waals surface area contributed by atoms with Gasteiger partial charge in [0.05, 0.1) is 0 Å². The molecule has 0 aliphatic carbocycles. The van der Waals surface area contributed by atoms with Crippen molar-refractivity contribution in [2.75, 3.05) is 30.4 Å². The Hall–Kier alpha value is -1.25. The van der Waals surface area contributed by atoms with Gasteiger partial charge in [-0.25, -0.2) is 4.98 Å². The van der Waals surface area contributed by atoms with Gasteiger partial charge in [-0.3, -0.25) is 0 Å². The Kier molecular flexibility index (Phi) is 4.23. The highest BCUT2D eigenvalue weighted by Gasteiger charge is 1.99. The van der Waals surface area contributed by atoms with Gasteiger partial charge >= 0.3 is 0 Å². The van der Waals surface area contributed by atoms with Crippen molar-refractivity contribution in [3.63, 3.8) is 0 Å². The number of hydrogen-bond donors (Lipinski definition) is 1. The van der Waals surface area contributed by atoms with Crippen molar-refractivity contribution in [2.45, 2.75) is 20.3 Å². The summed E-state index contributed by atoms with van der Waals surface area (Å²) in [6.07, 6.45) is 2.97. The molecule has 0 spiro atoms. The molecule has 0 saturated carbocycles. The first-order chi connectivity index (χ1) is 6.77. The van der Waals surface area contributed by atoms with Crippen molar-refractivity contribution in [3.8, 4) is 0 Å². The Morgan fingerprint density at radius 3 is 2.86 bits per heavy atom. The van der Waals surface area contributed by atoms with E-state index in [1.165, 1.54) is 5.69 Å². The quantitative estimate of drug-likeness (QED) is 0.778. The van der Waals surface area contributed by atoms with Crippen molar-refractivity contribution in [3.05, 3.63) is 18.3 Å². The summed E-state index contributed by atoms with van der Waals surface area (Å²) in [7, 11) is 2.08. The summed E-state index contributed by atoms with van der Waals surface area (Å²) < 4.78 is 0. The molecular weight excluding hydrogens is 174 g/mol. The standard InChI is InChI=1S/C11H19N3/c1-4-7-12-11-9-10(6-8-13-11)14(3)5-2/h6,8-9H,4-5,7H2,1-3H3,(H,12,13). The lowest BCUT2D eigenvalue weighted by molar-refractivity contribution is 0.953. The van der Waals surface area contributed by atoms with Crippen LogP contribution in [0, 0.1) is 0 Å². The summed E-state index contributed by atoms with van der Waals surface area (Å²) in [6, 6.07) is 4.11. The molecule has 1 N–H and O–H groups in total. The molecule has 0 fully saturated rings. The summed E-state index contributed by atoms with van der Waals surface area (Å²) in [5.74, 6) is 0.963. The third-order valence-electron chi connectivity index (χ3n) is 2.21. The summed E-state index contributed by atoms with van der Waals surface area (Å²) in [5, 5.41) is 3.28. The molecule has 0 aliphatic rings. The minimum absolute atomic E-state index is 0.963. The van der Waals surface area contributed by atoms with Crippen molar-refractivity contribution in [1.82, 2.24) is 4.98 Å². The number of rotatable bonds is 5. The molecule has 1 aromatic rings. The molecule has 0 aromatic carbocycles. The first-order valence-corrected chi connectivity index (χ1v) is 5.19. The smallest absolute Gasteiger partial charge is 0.127 e. The van der Waals surface area contributed by atoms with Crippen LogP contribution in [0.4, 0.5) is 11.5 Å². The molecule has 1 heterocycles. The van der Waals surface area contributed by atoms with E-state index in [9.17, 15) is 0 Å². The fourth-order valence-electron chi connectivity index (χ4n) is 1.19. The SMILES string of the molecule is CCCNc1cc(N(C)CC)ccn1. The Labute approximate surface area is 86.2 Å². The van der Waals surface area contributed by atoms with Gasteiger partial charge in [-0.2, -0.15) is 0 Å². The zero-order chi connectivity index (χ0) is 10.4. The van der Waals surface area contributed by atoms with Crippen LogP contribution in [-0.2, 0) is 0 Å². The predicted molar refractivity (Wildman–Crippen MR) is 62.0 cm³/mol. The van der Waals surface area contributed by atoms with Crippen LogP contribution in [0.15, 0.2) is 18.3 Å². The molecule has 0 amide bonds. The van der Waals surface area contributed by atoms with Gasteiger partial charge in [0.2, 0.25) is 0 Å². The molecule has 1 rings (SSSR count). The maximum atomic E-state index is 4.26. The first-order valence-electron chi connectivity index (χ1n) is 5.19. The summed E-state index contributed by atoms with van der Waals surface area (Å²) in [6.45, 7) is 6.28. The van der Waals surface area contributed by atoms with Gasteiger partial charge in [0.15, 0.2) is 0 Å². The van der Waals surface area contributed by atoms with Crippen LogP contribution in [0.2, 0.25) is 0 Å². The number of hydrogen-bond acceptors (Lipinski definition) is 3. The third kappa shape index (κ3) is 2.91. The lowest BCUT2D eigenvalue weighted by atomic mass is 10.3. The van der Waals surface area contributed by atoms with E-state index in [0.29, 0.717) is 0 Å². The molecule has 0 aliphatic heterocycles. The summed E-state index contributed by atoms with van der Waals surface area (Å²) in [5.41, 5.74) is 1.21. The fourth-order valence-corrected chi connectivity index (χ4v) is 1.19. The first kappa shape index (κ1) is 10.8. The molecule has 3 heteroatoms. The molecule has 0 bridgehead atoms. The van der Waals surface area contributed by atoms with Gasteiger partial charge in [0.25, 0.3) is 0 Å². The molecular formula is C11H19N3. The number of aromatic nitrogens is 1. The summed E-state index contributed by atoms with van der Waals surface area (Å²) in [4.78, 5) is 6.45. The van der Waals surface area contributed by atoms with Crippen LogP contribution in [-0.4, -0.2) is 25.1 Å². The van der Waals surface area contributed by atoms with Gasteiger partial charge < -0.3 is 10.2 Å². The van der Waals surface area contributed by atoms with Crippen LogP contribution < -0.4 is 10.2 Å². The second kappa shape index (κ2) is 5.47. The van der Waals surface area contributed by atoms with Crippen LogP contribution >= 0.6 is 0 Å². The van der Waals surface area contributed by atoms with E-state index in [-0.39, 0.29) is 0 Å². The van der Waals surface area contributed by atoms with Gasteiger partial charge in [-0.1, -0.05) is 6.92 Å².